The molecule has 2 aromatic carbocycles. The Hall–Kier alpha value is -3.03. The SMILES string of the molecule is Nc1cccc2c1ccc(=O)n2CCN1CCC(NCc2ccc3c(c2)OCCO3)CC1. The molecule has 0 radical (unpaired) electrons. The Kier molecular flexibility index (Phi) is 6.01. The predicted octanol–water partition coefficient (Wildman–Crippen LogP) is 2.61. The molecule has 0 bridgehead atoms. The zero-order valence-electron chi connectivity index (χ0n) is 18.3. The zero-order chi connectivity index (χ0) is 21.9. The first-order valence-electron chi connectivity index (χ1n) is 11.4. The van der Waals surface area contributed by atoms with Crippen LogP contribution >= 0.6 is 0 Å². The zero-order valence-corrected chi connectivity index (χ0v) is 18.3. The molecule has 0 amide bonds. The largest absolute Gasteiger partial charge is 0.486 e. The van der Waals surface area contributed by atoms with Crippen LogP contribution in [0.25, 0.3) is 10.9 Å². The summed E-state index contributed by atoms with van der Waals surface area (Å²) in [6.45, 7) is 5.65. The van der Waals surface area contributed by atoms with Gasteiger partial charge in [0.15, 0.2) is 11.5 Å². The number of nitrogens with two attached hydrogens (primary N) is 1. The van der Waals surface area contributed by atoms with E-state index in [9.17, 15) is 4.79 Å². The van der Waals surface area contributed by atoms with Crippen molar-refractivity contribution in [1.82, 2.24) is 14.8 Å². The Morgan fingerprint density at radius 1 is 0.969 bits per heavy atom. The van der Waals surface area contributed by atoms with E-state index in [1.807, 2.05) is 34.9 Å². The van der Waals surface area contributed by atoms with Gasteiger partial charge in [-0.2, -0.15) is 0 Å². The van der Waals surface area contributed by atoms with Crippen LogP contribution in [-0.2, 0) is 13.1 Å². The quantitative estimate of drug-likeness (QED) is 0.581. The van der Waals surface area contributed by atoms with Gasteiger partial charge < -0.3 is 30.0 Å². The lowest BCUT2D eigenvalue weighted by atomic mass is 10.0. The van der Waals surface area contributed by atoms with Crippen LogP contribution in [0.15, 0.2) is 53.3 Å². The number of fused-ring (bicyclic) bond motifs is 2. The molecule has 3 heterocycles. The number of pyridine rings is 1. The molecule has 5 rings (SSSR count). The van der Waals surface area contributed by atoms with E-state index >= 15 is 0 Å². The molecule has 3 aromatic rings. The van der Waals surface area contributed by atoms with E-state index in [0.717, 1.165) is 61.4 Å². The number of rotatable bonds is 6. The second-order valence-electron chi connectivity index (χ2n) is 8.58. The highest BCUT2D eigenvalue weighted by molar-refractivity contribution is 5.90. The highest BCUT2D eigenvalue weighted by Gasteiger charge is 2.19. The van der Waals surface area contributed by atoms with Crippen LogP contribution in [0, 0.1) is 0 Å². The maximum absolute atomic E-state index is 12.5. The fraction of sp³-hybridized carbons (Fsp3) is 0.400. The minimum Gasteiger partial charge on any atom is -0.486 e. The molecule has 1 fully saturated rings. The summed E-state index contributed by atoms with van der Waals surface area (Å²) in [4.78, 5) is 14.9. The van der Waals surface area contributed by atoms with Crippen molar-refractivity contribution in [3.05, 3.63) is 64.4 Å². The summed E-state index contributed by atoms with van der Waals surface area (Å²) in [6.07, 6.45) is 2.20. The van der Waals surface area contributed by atoms with Crippen LogP contribution in [-0.4, -0.2) is 48.4 Å². The average Bonchev–Trinajstić information content (AvgIpc) is 2.83. The lowest BCUT2D eigenvalue weighted by molar-refractivity contribution is 0.171. The number of benzene rings is 2. The van der Waals surface area contributed by atoms with E-state index in [2.05, 4.69) is 22.3 Å². The van der Waals surface area contributed by atoms with Crippen molar-refractivity contribution in [3.8, 4) is 11.5 Å². The summed E-state index contributed by atoms with van der Waals surface area (Å²) in [5, 5.41) is 4.63. The van der Waals surface area contributed by atoms with E-state index < -0.39 is 0 Å². The van der Waals surface area contributed by atoms with E-state index in [4.69, 9.17) is 15.2 Å². The molecular formula is C25H30N4O3. The van der Waals surface area contributed by atoms with Crippen molar-refractivity contribution in [2.45, 2.75) is 32.0 Å². The van der Waals surface area contributed by atoms with Gasteiger partial charge in [-0.1, -0.05) is 12.1 Å². The molecule has 7 heteroatoms. The number of aromatic nitrogens is 1. The summed E-state index contributed by atoms with van der Waals surface area (Å²) in [5.74, 6) is 1.68. The summed E-state index contributed by atoms with van der Waals surface area (Å²) in [7, 11) is 0. The second-order valence-corrected chi connectivity index (χ2v) is 8.58. The van der Waals surface area contributed by atoms with Gasteiger partial charge in [-0.15, -0.1) is 0 Å². The number of hydrogen-bond acceptors (Lipinski definition) is 6. The third kappa shape index (κ3) is 4.45. The van der Waals surface area contributed by atoms with E-state index in [1.54, 1.807) is 6.07 Å². The maximum atomic E-state index is 12.5. The van der Waals surface area contributed by atoms with Gasteiger partial charge in [0.1, 0.15) is 13.2 Å². The van der Waals surface area contributed by atoms with Crippen LogP contribution < -0.4 is 26.1 Å². The van der Waals surface area contributed by atoms with Gasteiger partial charge in [0.25, 0.3) is 5.56 Å². The fourth-order valence-electron chi connectivity index (χ4n) is 4.64. The first kappa shape index (κ1) is 20.8. The third-order valence-corrected chi connectivity index (χ3v) is 6.50. The average molecular weight is 435 g/mol. The molecule has 0 unspecified atom stereocenters. The monoisotopic (exact) mass is 434 g/mol. The van der Waals surface area contributed by atoms with Crippen molar-refractivity contribution < 1.29 is 9.47 Å². The first-order chi connectivity index (χ1) is 15.7. The molecule has 0 saturated carbocycles. The summed E-state index contributed by atoms with van der Waals surface area (Å²) < 4.78 is 13.1. The van der Waals surface area contributed by atoms with Crippen molar-refractivity contribution in [2.24, 2.45) is 0 Å². The minimum absolute atomic E-state index is 0.0269. The number of piperidine rings is 1. The Morgan fingerprint density at radius 2 is 1.78 bits per heavy atom. The molecule has 168 valence electrons. The summed E-state index contributed by atoms with van der Waals surface area (Å²) in [6, 6.07) is 15.9. The van der Waals surface area contributed by atoms with Crippen LogP contribution in [0.3, 0.4) is 0 Å². The number of anilines is 1. The molecule has 2 aliphatic heterocycles. The van der Waals surface area contributed by atoms with Crippen LogP contribution in [0.5, 0.6) is 11.5 Å². The van der Waals surface area contributed by atoms with Gasteiger partial charge in [0.05, 0.1) is 5.52 Å². The fourth-order valence-corrected chi connectivity index (χ4v) is 4.64. The van der Waals surface area contributed by atoms with Crippen molar-refractivity contribution in [1.29, 1.82) is 0 Å². The Labute approximate surface area is 187 Å². The van der Waals surface area contributed by atoms with Gasteiger partial charge in [0, 0.05) is 42.8 Å². The molecule has 1 saturated heterocycles. The van der Waals surface area contributed by atoms with E-state index in [-0.39, 0.29) is 5.56 Å². The second kappa shape index (κ2) is 9.22. The Balaban J connectivity index is 1.13. The summed E-state index contributed by atoms with van der Waals surface area (Å²) in [5.41, 5.74) is 8.95. The van der Waals surface area contributed by atoms with Gasteiger partial charge in [-0.3, -0.25) is 4.79 Å². The number of nitrogens with zero attached hydrogens (tertiary/aromatic N) is 2. The highest BCUT2D eigenvalue weighted by atomic mass is 16.6. The normalized spacial score (nSPS) is 17.0. The van der Waals surface area contributed by atoms with Crippen molar-refractivity contribution in [2.75, 3.05) is 38.6 Å². The number of hydrogen-bond donors (Lipinski definition) is 2. The molecule has 3 N–H and O–H groups in total. The molecule has 1 aromatic heterocycles. The number of likely N-dealkylation sites (tertiary alicyclic amines) is 1. The molecular weight excluding hydrogens is 404 g/mol. The van der Waals surface area contributed by atoms with Crippen molar-refractivity contribution >= 4 is 16.6 Å². The van der Waals surface area contributed by atoms with Gasteiger partial charge in [0.2, 0.25) is 0 Å². The summed E-state index contributed by atoms with van der Waals surface area (Å²) >= 11 is 0. The van der Waals surface area contributed by atoms with Crippen LogP contribution in [0.2, 0.25) is 0 Å². The maximum Gasteiger partial charge on any atom is 0.251 e. The molecule has 0 aliphatic carbocycles. The lowest BCUT2D eigenvalue weighted by Gasteiger charge is -2.32. The topological polar surface area (TPSA) is 81.8 Å². The molecule has 7 nitrogen and oxygen atoms in total. The van der Waals surface area contributed by atoms with Crippen molar-refractivity contribution in [3.63, 3.8) is 0 Å². The number of ether oxygens (including phenoxy) is 2. The smallest absolute Gasteiger partial charge is 0.251 e. The number of nitrogens with one attached hydrogen (secondary N) is 1. The highest BCUT2D eigenvalue weighted by Crippen LogP contribution is 2.30. The molecule has 0 spiro atoms. The van der Waals surface area contributed by atoms with Crippen LogP contribution in [0.4, 0.5) is 5.69 Å². The van der Waals surface area contributed by atoms with E-state index in [1.165, 1.54) is 5.56 Å². The molecule has 32 heavy (non-hydrogen) atoms. The van der Waals surface area contributed by atoms with Gasteiger partial charge in [-0.05, 0) is 61.8 Å². The Bertz CT molecular complexity index is 1150. The van der Waals surface area contributed by atoms with Crippen LogP contribution in [0.1, 0.15) is 18.4 Å². The first-order valence-corrected chi connectivity index (χ1v) is 11.4. The third-order valence-electron chi connectivity index (χ3n) is 6.50. The Morgan fingerprint density at radius 3 is 2.62 bits per heavy atom. The standard InChI is InChI=1S/C25H30N4O3/c26-21-2-1-3-22-20(21)5-7-25(30)29(22)13-12-28-10-8-19(9-11-28)27-17-18-4-6-23-24(16-18)32-15-14-31-23/h1-7,16,19,27H,8-15,17,26H2. The molecule has 0 atom stereocenters. The number of nitrogen functional groups attached to an aromatic ring is 1. The predicted molar refractivity (Wildman–Crippen MR) is 126 cm³/mol. The lowest BCUT2D eigenvalue weighted by Crippen LogP contribution is -2.43. The minimum atomic E-state index is 0.0269. The molecule has 2 aliphatic rings. The van der Waals surface area contributed by atoms with E-state index in [0.29, 0.717) is 31.5 Å². The van der Waals surface area contributed by atoms with Gasteiger partial charge in [-0.25, -0.2) is 0 Å². The van der Waals surface area contributed by atoms with Gasteiger partial charge >= 0.3 is 0 Å².